The Bertz CT molecular complexity index is 782. The number of rotatable bonds is 3. The minimum absolute atomic E-state index is 0.0509. The zero-order chi connectivity index (χ0) is 14.8. The lowest BCUT2D eigenvalue weighted by atomic mass is 10.3. The summed E-state index contributed by atoms with van der Waals surface area (Å²) in [5, 5.41) is 8.96. The highest BCUT2D eigenvalue weighted by Crippen LogP contribution is 2.24. The van der Waals surface area contributed by atoms with Gasteiger partial charge in [0.25, 0.3) is 10.0 Å². The summed E-state index contributed by atoms with van der Waals surface area (Å²) >= 11 is 5.76. The number of halogens is 1. The molecular weight excluding hydrogens is 300 g/mol. The highest BCUT2D eigenvalue weighted by Gasteiger charge is 2.15. The van der Waals surface area contributed by atoms with Gasteiger partial charge in [-0.05, 0) is 30.3 Å². The molecule has 2 aromatic rings. The number of sulfonamides is 1. The van der Waals surface area contributed by atoms with E-state index >= 15 is 0 Å². The summed E-state index contributed by atoms with van der Waals surface area (Å²) < 4.78 is 26.5. The van der Waals surface area contributed by atoms with Crippen LogP contribution in [0.15, 0.2) is 41.4 Å². The van der Waals surface area contributed by atoms with Crippen molar-refractivity contribution in [3.8, 4) is 6.07 Å². The molecule has 0 spiro atoms. The molecule has 20 heavy (non-hydrogen) atoms. The van der Waals surface area contributed by atoms with Gasteiger partial charge in [-0.15, -0.1) is 0 Å². The van der Waals surface area contributed by atoms with Crippen LogP contribution >= 0.6 is 11.6 Å². The van der Waals surface area contributed by atoms with Crippen molar-refractivity contribution in [2.24, 2.45) is 0 Å². The number of hydrogen-bond donors (Lipinski definition) is 2. The number of hydrogen-bond acceptors (Lipinski definition) is 5. The second-order valence-corrected chi connectivity index (χ2v) is 5.92. The Balaban J connectivity index is 2.30. The van der Waals surface area contributed by atoms with Gasteiger partial charge in [-0.25, -0.2) is 13.4 Å². The SMILES string of the molecule is N#Cc1ccc(S(=O)(=O)Nc2ccc(Cl)c(N)c2)cn1. The highest BCUT2D eigenvalue weighted by atomic mass is 35.5. The Morgan fingerprint density at radius 2 is 2.05 bits per heavy atom. The second kappa shape index (κ2) is 5.36. The quantitative estimate of drug-likeness (QED) is 0.843. The Morgan fingerprint density at radius 1 is 1.30 bits per heavy atom. The van der Waals surface area contributed by atoms with Crippen LogP contribution < -0.4 is 10.5 Å². The van der Waals surface area contributed by atoms with Crippen LogP contribution in [-0.2, 0) is 10.0 Å². The van der Waals surface area contributed by atoms with Crippen LogP contribution in [0.5, 0.6) is 0 Å². The minimum atomic E-state index is -3.79. The fourth-order valence-electron chi connectivity index (χ4n) is 1.43. The van der Waals surface area contributed by atoms with Gasteiger partial charge in [-0.1, -0.05) is 11.6 Å². The van der Waals surface area contributed by atoms with Gasteiger partial charge in [-0.2, -0.15) is 5.26 Å². The van der Waals surface area contributed by atoms with Gasteiger partial charge in [0.15, 0.2) is 0 Å². The van der Waals surface area contributed by atoms with E-state index < -0.39 is 10.0 Å². The molecule has 1 aromatic heterocycles. The average Bonchev–Trinajstić information content (AvgIpc) is 2.43. The Morgan fingerprint density at radius 3 is 2.60 bits per heavy atom. The number of nitrogens with two attached hydrogens (primary N) is 1. The molecule has 102 valence electrons. The summed E-state index contributed by atoms with van der Waals surface area (Å²) in [4.78, 5) is 3.66. The third-order valence-corrected chi connectivity index (χ3v) is 4.12. The lowest BCUT2D eigenvalue weighted by Crippen LogP contribution is -2.13. The van der Waals surface area contributed by atoms with Crippen LogP contribution in [0.25, 0.3) is 0 Å². The van der Waals surface area contributed by atoms with Crippen molar-refractivity contribution in [2.45, 2.75) is 4.90 Å². The third-order valence-electron chi connectivity index (χ3n) is 2.41. The summed E-state index contributed by atoms with van der Waals surface area (Å²) in [5.74, 6) is 0. The molecule has 0 amide bonds. The Kier molecular flexibility index (Phi) is 3.79. The van der Waals surface area contributed by atoms with Gasteiger partial charge in [0.05, 0.1) is 16.4 Å². The predicted molar refractivity (Wildman–Crippen MR) is 75.6 cm³/mol. The molecule has 0 aliphatic heterocycles. The van der Waals surface area contributed by atoms with Crippen LogP contribution in [-0.4, -0.2) is 13.4 Å². The maximum atomic E-state index is 12.1. The van der Waals surface area contributed by atoms with Crippen LogP contribution in [0, 0.1) is 11.3 Å². The van der Waals surface area contributed by atoms with Crippen LogP contribution in [0.1, 0.15) is 5.69 Å². The molecule has 0 unspecified atom stereocenters. The van der Waals surface area contributed by atoms with Gasteiger partial charge in [0.1, 0.15) is 16.7 Å². The van der Waals surface area contributed by atoms with Crippen molar-refractivity contribution in [1.29, 1.82) is 5.26 Å². The average molecular weight is 309 g/mol. The van der Waals surface area contributed by atoms with Crippen LogP contribution in [0.2, 0.25) is 5.02 Å². The van der Waals surface area contributed by atoms with E-state index in [1.54, 1.807) is 0 Å². The lowest BCUT2D eigenvalue weighted by Gasteiger charge is -2.09. The summed E-state index contributed by atoms with van der Waals surface area (Å²) in [5.41, 5.74) is 6.30. The number of nitrogens with one attached hydrogen (secondary N) is 1. The first-order valence-corrected chi connectivity index (χ1v) is 7.22. The number of nitrogens with zero attached hydrogens (tertiary/aromatic N) is 2. The fourth-order valence-corrected chi connectivity index (χ4v) is 2.54. The molecule has 0 aliphatic carbocycles. The Hall–Kier alpha value is -2.30. The molecule has 1 aromatic carbocycles. The maximum Gasteiger partial charge on any atom is 0.263 e. The van der Waals surface area contributed by atoms with E-state index in [-0.39, 0.29) is 22.0 Å². The molecule has 0 saturated carbocycles. The first kappa shape index (κ1) is 14.1. The number of nitriles is 1. The second-order valence-electron chi connectivity index (χ2n) is 3.83. The molecule has 0 saturated heterocycles. The molecule has 3 N–H and O–H groups in total. The molecule has 0 atom stereocenters. The van der Waals surface area contributed by atoms with Gasteiger partial charge < -0.3 is 5.73 Å². The monoisotopic (exact) mass is 308 g/mol. The summed E-state index contributed by atoms with van der Waals surface area (Å²) in [6, 6.07) is 8.83. The first-order valence-electron chi connectivity index (χ1n) is 5.36. The van der Waals surface area contributed by atoms with Gasteiger partial charge in [-0.3, -0.25) is 4.72 Å². The van der Waals surface area contributed by atoms with E-state index in [0.717, 1.165) is 6.20 Å². The number of aromatic nitrogens is 1. The molecule has 1 heterocycles. The highest BCUT2D eigenvalue weighted by molar-refractivity contribution is 7.92. The van der Waals surface area contributed by atoms with E-state index in [2.05, 4.69) is 9.71 Å². The standard InChI is InChI=1S/C12H9ClN4O2S/c13-11-4-2-8(5-12(11)15)17-20(18,19)10-3-1-9(6-14)16-7-10/h1-5,7,17H,15H2. The smallest absolute Gasteiger partial charge is 0.263 e. The van der Waals surface area contributed by atoms with Crippen LogP contribution in [0.3, 0.4) is 0 Å². The van der Waals surface area contributed by atoms with Crippen molar-refractivity contribution in [2.75, 3.05) is 10.5 Å². The molecule has 2 rings (SSSR count). The number of pyridine rings is 1. The van der Waals surface area contributed by atoms with Crippen molar-refractivity contribution in [3.05, 3.63) is 47.2 Å². The molecule has 0 radical (unpaired) electrons. The largest absolute Gasteiger partial charge is 0.397 e. The normalized spacial score (nSPS) is 10.8. The van der Waals surface area contributed by atoms with E-state index in [4.69, 9.17) is 22.6 Å². The van der Waals surface area contributed by atoms with Gasteiger partial charge in [0, 0.05) is 6.20 Å². The fraction of sp³-hybridized carbons (Fsp3) is 0. The van der Waals surface area contributed by atoms with E-state index in [9.17, 15) is 8.42 Å². The zero-order valence-electron chi connectivity index (χ0n) is 10.0. The van der Waals surface area contributed by atoms with Crippen molar-refractivity contribution in [1.82, 2.24) is 4.98 Å². The molecule has 6 nitrogen and oxygen atoms in total. The van der Waals surface area contributed by atoms with E-state index in [1.165, 1.54) is 30.3 Å². The maximum absolute atomic E-state index is 12.1. The van der Waals surface area contributed by atoms with Crippen molar-refractivity contribution in [3.63, 3.8) is 0 Å². The third kappa shape index (κ3) is 2.99. The van der Waals surface area contributed by atoms with Crippen LogP contribution in [0.4, 0.5) is 11.4 Å². The van der Waals surface area contributed by atoms with Crippen molar-refractivity contribution >= 4 is 33.0 Å². The number of anilines is 2. The van der Waals surface area contributed by atoms with Gasteiger partial charge >= 0.3 is 0 Å². The topological polar surface area (TPSA) is 109 Å². The molecule has 0 bridgehead atoms. The minimum Gasteiger partial charge on any atom is -0.397 e. The van der Waals surface area contributed by atoms with E-state index in [0.29, 0.717) is 5.02 Å². The molecule has 8 heteroatoms. The Labute approximate surface area is 120 Å². The summed E-state index contributed by atoms with van der Waals surface area (Å²) in [7, 11) is -3.79. The first-order chi connectivity index (χ1) is 9.42. The van der Waals surface area contributed by atoms with Crippen molar-refractivity contribution < 1.29 is 8.42 Å². The van der Waals surface area contributed by atoms with Gasteiger partial charge in [0.2, 0.25) is 0 Å². The molecule has 0 aliphatic rings. The lowest BCUT2D eigenvalue weighted by molar-refractivity contribution is 0.601. The number of benzene rings is 1. The predicted octanol–water partition coefficient (Wildman–Crippen LogP) is 1.99. The summed E-state index contributed by atoms with van der Waals surface area (Å²) in [6.45, 7) is 0. The van der Waals surface area contributed by atoms with E-state index in [1.807, 2.05) is 6.07 Å². The zero-order valence-corrected chi connectivity index (χ0v) is 11.6. The number of nitrogen functional groups attached to an aromatic ring is 1. The molecule has 0 fully saturated rings. The molecular formula is C12H9ClN4O2S. The summed E-state index contributed by atoms with van der Waals surface area (Å²) in [6.07, 6.45) is 1.11.